The van der Waals surface area contributed by atoms with Gasteiger partial charge in [-0.15, -0.1) is 0 Å². The van der Waals surface area contributed by atoms with Gasteiger partial charge in [0.15, 0.2) is 0 Å². The third kappa shape index (κ3) is 2.48. The van der Waals surface area contributed by atoms with Crippen molar-refractivity contribution in [2.24, 2.45) is 5.41 Å². The maximum atomic E-state index is 11.6. The maximum absolute atomic E-state index is 11.6. The third-order valence-corrected chi connectivity index (χ3v) is 5.42. The number of piperidine rings is 1. The fourth-order valence-electron chi connectivity index (χ4n) is 1.84. The number of hydrogen-bond donors (Lipinski definition) is 0. The van der Waals surface area contributed by atoms with Crippen molar-refractivity contribution >= 4 is 10.0 Å². The van der Waals surface area contributed by atoms with Gasteiger partial charge in [-0.05, 0) is 25.2 Å². The summed E-state index contributed by atoms with van der Waals surface area (Å²) in [6, 6.07) is 0. The molecule has 0 saturated carbocycles. The van der Waals surface area contributed by atoms with Crippen LogP contribution in [0.1, 0.15) is 40.0 Å². The summed E-state index contributed by atoms with van der Waals surface area (Å²) in [4.78, 5) is 0. The Bertz CT molecular complexity index is 276. The number of hydrogen-bond acceptors (Lipinski definition) is 2. The van der Waals surface area contributed by atoms with E-state index in [0.29, 0.717) is 18.5 Å². The highest BCUT2D eigenvalue weighted by molar-refractivity contribution is 7.89. The van der Waals surface area contributed by atoms with Gasteiger partial charge >= 0.3 is 0 Å². The van der Waals surface area contributed by atoms with Crippen LogP contribution in [0.5, 0.6) is 0 Å². The maximum Gasteiger partial charge on any atom is 0.213 e. The Morgan fingerprint density at radius 2 is 1.71 bits per heavy atom. The molecule has 84 valence electrons. The summed E-state index contributed by atoms with van der Waals surface area (Å²) in [5, 5.41) is 0. The molecule has 0 bridgehead atoms. The SMILES string of the molecule is CCC1(C)CCN(S(=O)(=O)CC)CC1. The van der Waals surface area contributed by atoms with Crippen LogP contribution in [-0.4, -0.2) is 31.6 Å². The van der Waals surface area contributed by atoms with Crippen molar-refractivity contribution in [1.82, 2.24) is 4.31 Å². The van der Waals surface area contributed by atoms with Crippen LogP contribution in [0.4, 0.5) is 0 Å². The number of rotatable bonds is 3. The molecule has 0 aromatic carbocycles. The molecule has 0 amide bonds. The molecule has 14 heavy (non-hydrogen) atoms. The molecule has 1 rings (SSSR count). The molecule has 1 aliphatic heterocycles. The lowest BCUT2D eigenvalue weighted by Crippen LogP contribution is -2.42. The van der Waals surface area contributed by atoms with Crippen molar-refractivity contribution in [3.05, 3.63) is 0 Å². The summed E-state index contributed by atoms with van der Waals surface area (Å²) >= 11 is 0. The molecule has 1 heterocycles. The highest BCUT2D eigenvalue weighted by atomic mass is 32.2. The first-order chi connectivity index (χ1) is 6.43. The zero-order valence-electron chi connectivity index (χ0n) is 9.41. The third-order valence-electron chi connectivity index (χ3n) is 3.54. The second-order valence-electron chi connectivity index (χ2n) is 4.46. The summed E-state index contributed by atoms with van der Waals surface area (Å²) in [5.74, 6) is 0.232. The van der Waals surface area contributed by atoms with E-state index in [4.69, 9.17) is 0 Å². The Hall–Kier alpha value is -0.0900. The lowest BCUT2D eigenvalue weighted by Gasteiger charge is -2.38. The van der Waals surface area contributed by atoms with Crippen LogP contribution in [-0.2, 0) is 10.0 Å². The molecule has 0 aromatic heterocycles. The van der Waals surface area contributed by atoms with E-state index in [1.165, 1.54) is 0 Å². The average Bonchev–Trinajstić information content (AvgIpc) is 2.19. The summed E-state index contributed by atoms with van der Waals surface area (Å²) in [6.45, 7) is 7.57. The van der Waals surface area contributed by atoms with Gasteiger partial charge in [-0.1, -0.05) is 20.3 Å². The van der Waals surface area contributed by atoms with Crippen LogP contribution in [0.2, 0.25) is 0 Å². The van der Waals surface area contributed by atoms with Gasteiger partial charge in [-0.2, -0.15) is 0 Å². The smallest absolute Gasteiger partial charge is 0.212 e. The molecule has 0 N–H and O–H groups in total. The fraction of sp³-hybridized carbons (Fsp3) is 1.00. The van der Waals surface area contributed by atoms with Crippen LogP contribution in [0.25, 0.3) is 0 Å². The molecule has 1 fully saturated rings. The molecule has 1 saturated heterocycles. The van der Waals surface area contributed by atoms with E-state index in [0.717, 1.165) is 19.3 Å². The van der Waals surface area contributed by atoms with Crippen molar-refractivity contribution in [3.8, 4) is 0 Å². The largest absolute Gasteiger partial charge is 0.213 e. The van der Waals surface area contributed by atoms with Crippen molar-refractivity contribution in [3.63, 3.8) is 0 Å². The molecule has 3 nitrogen and oxygen atoms in total. The van der Waals surface area contributed by atoms with Gasteiger partial charge in [0, 0.05) is 13.1 Å². The quantitative estimate of drug-likeness (QED) is 0.726. The Kier molecular flexibility index (Phi) is 3.58. The summed E-state index contributed by atoms with van der Waals surface area (Å²) < 4.78 is 24.8. The van der Waals surface area contributed by atoms with Gasteiger partial charge in [-0.25, -0.2) is 12.7 Å². The summed E-state index contributed by atoms with van der Waals surface area (Å²) in [7, 11) is -2.95. The van der Waals surface area contributed by atoms with Gasteiger partial charge in [0.05, 0.1) is 5.75 Å². The minimum Gasteiger partial charge on any atom is -0.212 e. The fourth-order valence-corrected chi connectivity index (χ4v) is 2.94. The zero-order chi connectivity index (χ0) is 10.8. The van der Waals surface area contributed by atoms with E-state index < -0.39 is 10.0 Å². The van der Waals surface area contributed by atoms with Crippen LogP contribution in [0, 0.1) is 5.41 Å². The van der Waals surface area contributed by atoms with E-state index in [1.807, 2.05) is 0 Å². The molecule has 4 heteroatoms. The highest BCUT2D eigenvalue weighted by Gasteiger charge is 2.32. The second-order valence-corrected chi connectivity index (χ2v) is 6.72. The first-order valence-electron chi connectivity index (χ1n) is 5.41. The molecular weight excluding hydrogens is 198 g/mol. The first-order valence-corrected chi connectivity index (χ1v) is 7.02. The van der Waals surface area contributed by atoms with Crippen LogP contribution < -0.4 is 0 Å². The van der Waals surface area contributed by atoms with Crippen LogP contribution in [0.15, 0.2) is 0 Å². The van der Waals surface area contributed by atoms with Crippen LogP contribution >= 0.6 is 0 Å². The predicted octanol–water partition coefficient (Wildman–Crippen LogP) is 1.85. The van der Waals surface area contributed by atoms with Crippen molar-refractivity contribution in [2.45, 2.75) is 40.0 Å². The van der Waals surface area contributed by atoms with Crippen molar-refractivity contribution in [1.29, 1.82) is 0 Å². The number of sulfonamides is 1. The first kappa shape index (κ1) is 12.0. The Morgan fingerprint density at radius 1 is 1.21 bits per heavy atom. The van der Waals surface area contributed by atoms with Gasteiger partial charge in [0.25, 0.3) is 0 Å². The predicted molar refractivity (Wildman–Crippen MR) is 58.7 cm³/mol. The normalized spacial score (nSPS) is 23.6. The minimum absolute atomic E-state index is 0.232. The number of nitrogens with zero attached hydrogens (tertiary/aromatic N) is 1. The lowest BCUT2D eigenvalue weighted by atomic mass is 9.79. The monoisotopic (exact) mass is 219 g/mol. The Balaban J connectivity index is 2.60. The van der Waals surface area contributed by atoms with Crippen molar-refractivity contribution in [2.75, 3.05) is 18.8 Å². The highest BCUT2D eigenvalue weighted by Crippen LogP contribution is 2.34. The Labute approximate surface area is 87.5 Å². The second kappa shape index (κ2) is 4.19. The lowest BCUT2D eigenvalue weighted by molar-refractivity contribution is 0.169. The minimum atomic E-state index is -2.95. The summed E-state index contributed by atoms with van der Waals surface area (Å²) in [5.41, 5.74) is 0.361. The van der Waals surface area contributed by atoms with E-state index >= 15 is 0 Å². The van der Waals surface area contributed by atoms with Crippen LogP contribution in [0.3, 0.4) is 0 Å². The molecule has 0 aliphatic carbocycles. The zero-order valence-corrected chi connectivity index (χ0v) is 10.2. The Morgan fingerprint density at radius 3 is 2.07 bits per heavy atom. The van der Waals surface area contributed by atoms with Gasteiger partial charge in [0.1, 0.15) is 0 Å². The van der Waals surface area contributed by atoms with E-state index in [2.05, 4.69) is 13.8 Å². The van der Waals surface area contributed by atoms with Crippen molar-refractivity contribution < 1.29 is 8.42 Å². The van der Waals surface area contributed by atoms with E-state index in [1.54, 1.807) is 11.2 Å². The van der Waals surface area contributed by atoms with Gasteiger partial charge < -0.3 is 0 Å². The molecule has 0 radical (unpaired) electrons. The van der Waals surface area contributed by atoms with E-state index in [-0.39, 0.29) is 5.75 Å². The topological polar surface area (TPSA) is 37.4 Å². The molecule has 0 atom stereocenters. The molecule has 0 spiro atoms. The molecular formula is C10H21NO2S. The van der Waals surface area contributed by atoms with Gasteiger partial charge in [-0.3, -0.25) is 0 Å². The van der Waals surface area contributed by atoms with Gasteiger partial charge in [0.2, 0.25) is 10.0 Å². The standard InChI is InChI=1S/C10H21NO2S/c1-4-10(3)6-8-11(9-7-10)14(12,13)5-2/h4-9H2,1-3H3. The molecule has 1 aliphatic rings. The molecule has 0 aromatic rings. The summed E-state index contributed by atoms with van der Waals surface area (Å²) in [6.07, 6.45) is 3.15. The van der Waals surface area contributed by atoms with E-state index in [9.17, 15) is 8.42 Å². The average molecular weight is 219 g/mol. The molecule has 0 unspecified atom stereocenters.